The molecule has 1 saturated heterocycles. The molecular formula is C26H22F26O6. The van der Waals surface area contributed by atoms with Gasteiger partial charge >= 0.3 is 83.5 Å². The van der Waals surface area contributed by atoms with Crippen molar-refractivity contribution in [2.75, 3.05) is 19.8 Å². The summed E-state index contributed by atoms with van der Waals surface area (Å²) in [5.41, 5.74) is 0. The minimum Gasteiger partial charge on any atom is -0.466 e. The molecule has 344 valence electrons. The summed E-state index contributed by atoms with van der Waals surface area (Å²) in [7, 11) is 0. The van der Waals surface area contributed by atoms with Gasteiger partial charge < -0.3 is 18.9 Å². The zero-order valence-corrected chi connectivity index (χ0v) is 27.9. The predicted octanol–water partition coefficient (Wildman–Crippen LogP) is 9.88. The monoisotopic (exact) mass is 924 g/mol. The number of alkyl halides is 26. The van der Waals surface area contributed by atoms with Crippen molar-refractivity contribution in [1.29, 1.82) is 0 Å². The Kier molecular flexibility index (Phi) is 14.5. The molecule has 1 heterocycles. The Morgan fingerprint density at radius 1 is 0.483 bits per heavy atom. The zero-order chi connectivity index (χ0) is 46.6. The van der Waals surface area contributed by atoms with Crippen LogP contribution in [-0.2, 0) is 28.5 Å². The maximum absolute atomic E-state index is 14.7. The molecule has 0 amide bonds. The summed E-state index contributed by atoms with van der Waals surface area (Å²) in [6.07, 6.45) is -31.5. The first-order valence-electron chi connectivity index (χ1n) is 14.9. The van der Waals surface area contributed by atoms with Crippen molar-refractivity contribution in [3.63, 3.8) is 0 Å². The molecule has 1 rings (SSSR count). The smallest absolute Gasteiger partial charge is 0.460 e. The van der Waals surface area contributed by atoms with Crippen molar-refractivity contribution in [2.24, 2.45) is 5.92 Å². The topological polar surface area (TPSA) is 71.1 Å². The van der Waals surface area contributed by atoms with Crippen LogP contribution in [0.5, 0.6) is 0 Å². The standard InChI is InChI=1S/C26H22F26O6/c1-3-55-12(53)10-9-57-14(58-11(10)13(54)56-4-2,5-7-15(27,28)17(31,32)19(35,36)21(39,40)23(43,44)25(47,48)49)6-8-16(29,30)18(33,34)20(37,38)22(41,42)24(45,46)26(50,51)52/h10-11H,3-9H2,1-2H3. The molecule has 0 bridgehead atoms. The molecule has 0 aromatic heterocycles. The summed E-state index contributed by atoms with van der Waals surface area (Å²) >= 11 is 0. The van der Waals surface area contributed by atoms with Crippen molar-refractivity contribution in [2.45, 2.75) is 123 Å². The van der Waals surface area contributed by atoms with E-state index in [9.17, 15) is 124 Å². The van der Waals surface area contributed by atoms with E-state index in [2.05, 4.69) is 18.9 Å². The van der Waals surface area contributed by atoms with Crippen LogP contribution in [0.2, 0.25) is 0 Å². The van der Waals surface area contributed by atoms with Gasteiger partial charge in [-0.25, -0.2) is 4.79 Å². The van der Waals surface area contributed by atoms with Gasteiger partial charge in [0.25, 0.3) is 0 Å². The molecule has 0 aromatic rings. The summed E-state index contributed by atoms with van der Waals surface area (Å²) < 4.78 is 372. The van der Waals surface area contributed by atoms with Crippen molar-refractivity contribution in [3.8, 4) is 0 Å². The number of carbonyl (C=O) groups excluding carboxylic acids is 2. The molecule has 2 unspecified atom stereocenters. The van der Waals surface area contributed by atoms with Gasteiger partial charge in [0.15, 0.2) is 11.9 Å². The highest BCUT2D eigenvalue weighted by atomic mass is 19.4. The van der Waals surface area contributed by atoms with Crippen LogP contribution in [0.15, 0.2) is 0 Å². The molecule has 1 aliphatic heterocycles. The number of carbonyl (C=O) groups is 2. The number of halogens is 26. The van der Waals surface area contributed by atoms with Gasteiger partial charge in [-0.2, -0.15) is 114 Å². The summed E-state index contributed by atoms with van der Waals surface area (Å²) in [5.74, 6) is -91.6. The molecule has 0 aromatic carbocycles. The average Bonchev–Trinajstić information content (AvgIpc) is 3.05. The van der Waals surface area contributed by atoms with E-state index in [1.165, 1.54) is 0 Å². The largest absolute Gasteiger partial charge is 0.466 e. The number of hydrogen-bond acceptors (Lipinski definition) is 6. The van der Waals surface area contributed by atoms with Crippen LogP contribution in [0.3, 0.4) is 0 Å². The molecule has 0 radical (unpaired) electrons. The minimum absolute atomic E-state index is 0.670. The Morgan fingerprint density at radius 2 is 0.776 bits per heavy atom. The molecule has 6 nitrogen and oxygen atoms in total. The number of rotatable bonds is 18. The van der Waals surface area contributed by atoms with Crippen molar-refractivity contribution < 1.29 is 143 Å². The van der Waals surface area contributed by atoms with E-state index in [1.54, 1.807) is 0 Å². The number of ether oxygens (including phenoxy) is 4. The first kappa shape index (κ1) is 53.1. The van der Waals surface area contributed by atoms with E-state index in [4.69, 9.17) is 0 Å². The lowest BCUT2D eigenvalue weighted by molar-refractivity contribution is -0.442. The van der Waals surface area contributed by atoms with Crippen molar-refractivity contribution in [3.05, 3.63) is 0 Å². The lowest BCUT2D eigenvalue weighted by Gasteiger charge is -2.45. The molecule has 0 aliphatic carbocycles. The van der Waals surface area contributed by atoms with Gasteiger partial charge in [0.1, 0.15) is 5.92 Å². The molecule has 0 saturated carbocycles. The summed E-state index contributed by atoms with van der Waals surface area (Å²) in [6, 6.07) is 0. The first-order chi connectivity index (χ1) is 25.3. The lowest BCUT2D eigenvalue weighted by atomic mass is 9.87. The third kappa shape index (κ3) is 8.49. The normalized spacial score (nSPS) is 20.2. The zero-order valence-electron chi connectivity index (χ0n) is 27.9. The van der Waals surface area contributed by atoms with Gasteiger partial charge in [-0.3, -0.25) is 4.79 Å². The SMILES string of the molecule is CCOC(=O)C1COC(CCC(F)(F)C(F)(F)C(F)(F)C(F)(F)C(F)(F)C(F)(F)F)(CCC(F)(F)C(F)(F)C(F)(F)C(F)(F)C(F)(F)C(F)(F)F)OC1C(=O)OCC. The van der Waals surface area contributed by atoms with Crippen LogP contribution >= 0.6 is 0 Å². The quantitative estimate of drug-likeness (QED) is 0.101. The van der Waals surface area contributed by atoms with Crippen LogP contribution in [0, 0.1) is 5.92 Å². The van der Waals surface area contributed by atoms with E-state index in [1.807, 2.05) is 0 Å². The number of esters is 2. The molecule has 1 aliphatic rings. The molecule has 32 heteroatoms. The molecule has 0 N–H and O–H groups in total. The summed E-state index contributed by atoms with van der Waals surface area (Å²) in [5, 5.41) is 0. The van der Waals surface area contributed by atoms with E-state index in [0.717, 1.165) is 13.8 Å². The summed E-state index contributed by atoms with van der Waals surface area (Å²) in [6.45, 7) is -1.40. The molecular weight excluding hydrogens is 902 g/mol. The van der Waals surface area contributed by atoms with Gasteiger partial charge in [0.05, 0.1) is 19.8 Å². The van der Waals surface area contributed by atoms with Crippen LogP contribution in [-0.4, -0.2) is 115 Å². The fourth-order valence-corrected chi connectivity index (χ4v) is 4.55. The van der Waals surface area contributed by atoms with Crippen LogP contribution < -0.4 is 0 Å². The fourth-order valence-electron chi connectivity index (χ4n) is 4.55. The van der Waals surface area contributed by atoms with Crippen molar-refractivity contribution >= 4 is 11.9 Å². The van der Waals surface area contributed by atoms with E-state index >= 15 is 0 Å². The van der Waals surface area contributed by atoms with Gasteiger partial charge in [-0.15, -0.1) is 0 Å². The van der Waals surface area contributed by atoms with E-state index < -0.39 is 147 Å². The number of hydrogen-bond donors (Lipinski definition) is 0. The first-order valence-corrected chi connectivity index (χ1v) is 14.9. The van der Waals surface area contributed by atoms with Crippen LogP contribution in [0.25, 0.3) is 0 Å². The van der Waals surface area contributed by atoms with E-state index in [-0.39, 0.29) is 0 Å². The Morgan fingerprint density at radius 3 is 1.07 bits per heavy atom. The van der Waals surface area contributed by atoms with Crippen LogP contribution in [0.1, 0.15) is 39.5 Å². The lowest BCUT2D eigenvalue weighted by Crippen LogP contribution is -2.70. The second kappa shape index (κ2) is 15.8. The van der Waals surface area contributed by atoms with Crippen LogP contribution in [0.4, 0.5) is 114 Å². The highest BCUT2D eigenvalue weighted by molar-refractivity contribution is 5.84. The Bertz CT molecular complexity index is 1380. The predicted molar refractivity (Wildman–Crippen MR) is 130 cm³/mol. The molecule has 0 spiro atoms. The maximum atomic E-state index is 14.7. The Hall–Kier alpha value is -2.96. The molecule has 58 heavy (non-hydrogen) atoms. The highest BCUT2D eigenvalue weighted by Gasteiger charge is 2.92. The molecule has 1 fully saturated rings. The highest BCUT2D eigenvalue weighted by Crippen LogP contribution is 2.63. The summed E-state index contributed by atoms with van der Waals surface area (Å²) in [4.78, 5) is 24.8. The van der Waals surface area contributed by atoms with Gasteiger partial charge in [-0.05, 0) is 13.8 Å². The van der Waals surface area contributed by atoms with Gasteiger partial charge in [-0.1, -0.05) is 0 Å². The third-order valence-corrected chi connectivity index (χ3v) is 7.98. The second-order valence-electron chi connectivity index (χ2n) is 11.9. The average molecular weight is 924 g/mol. The maximum Gasteiger partial charge on any atom is 0.460 e. The Labute approximate surface area is 304 Å². The van der Waals surface area contributed by atoms with Gasteiger partial charge in [0.2, 0.25) is 0 Å². The fraction of sp³-hybridized carbons (Fsp3) is 0.923. The van der Waals surface area contributed by atoms with Gasteiger partial charge in [0, 0.05) is 25.7 Å². The second-order valence-corrected chi connectivity index (χ2v) is 11.9. The Balaban J connectivity index is 3.92. The third-order valence-electron chi connectivity index (χ3n) is 7.98. The minimum atomic E-state index is -8.51. The molecule has 2 atom stereocenters. The van der Waals surface area contributed by atoms with E-state index in [0.29, 0.717) is 0 Å². The van der Waals surface area contributed by atoms with Crippen molar-refractivity contribution in [1.82, 2.24) is 0 Å².